The standard InChI is InChI=1S/C15H18BBrF2O4/c1-14(2)15(3,4)23-16(22-14)9(7-12(20)21)13-10(18)5-8(17)6-11(13)19/h5-6,9H,7H2,1-4H3,(H,20,21). The van der Waals surface area contributed by atoms with Crippen LogP contribution >= 0.6 is 15.9 Å². The molecule has 2 rings (SSSR count). The third kappa shape index (κ3) is 3.59. The van der Waals surface area contributed by atoms with Crippen molar-refractivity contribution in [2.75, 3.05) is 0 Å². The fourth-order valence-corrected chi connectivity index (χ4v) is 2.88. The summed E-state index contributed by atoms with van der Waals surface area (Å²) in [7, 11) is -1.05. The summed E-state index contributed by atoms with van der Waals surface area (Å²) >= 11 is 3.01. The number of benzene rings is 1. The summed E-state index contributed by atoms with van der Waals surface area (Å²) in [4.78, 5) is 11.2. The van der Waals surface area contributed by atoms with E-state index in [1.54, 1.807) is 27.7 Å². The minimum absolute atomic E-state index is 0.235. The smallest absolute Gasteiger partial charge is 0.466 e. The molecule has 0 radical (unpaired) electrons. The van der Waals surface area contributed by atoms with Crippen molar-refractivity contribution >= 4 is 29.0 Å². The first-order chi connectivity index (χ1) is 10.4. The molecule has 4 nitrogen and oxygen atoms in total. The summed E-state index contributed by atoms with van der Waals surface area (Å²) < 4.78 is 40.4. The van der Waals surface area contributed by atoms with Crippen molar-refractivity contribution in [1.29, 1.82) is 0 Å². The van der Waals surface area contributed by atoms with E-state index in [9.17, 15) is 13.6 Å². The van der Waals surface area contributed by atoms with Gasteiger partial charge in [0.25, 0.3) is 0 Å². The Morgan fingerprint density at radius 3 is 2.04 bits per heavy atom. The van der Waals surface area contributed by atoms with Crippen LogP contribution < -0.4 is 0 Å². The lowest BCUT2D eigenvalue weighted by Crippen LogP contribution is -2.41. The molecule has 1 saturated heterocycles. The van der Waals surface area contributed by atoms with Crippen LogP contribution in [0.3, 0.4) is 0 Å². The predicted molar refractivity (Wildman–Crippen MR) is 85.1 cm³/mol. The number of carbonyl (C=O) groups is 1. The highest BCUT2D eigenvalue weighted by molar-refractivity contribution is 9.10. The van der Waals surface area contributed by atoms with Gasteiger partial charge in [-0.3, -0.25) is 4.79 Å². The highest BCUT2D eigenvalue weighted by Gasteiger charge is 2.55. The van der Waals surface area contributed by atoms with Crippen LogP contribution in [0.15, 0.2) is 16.6 Å². The van der Waals surface area contributed by atoms with Gasteiger partial charge < -0.3 is 14.4 Å². The minimum Gasteiger partial charge on any atom is -0.481 e. The first-order valence-electron chi connectivity index (χ1n) is 7.16. The molecule has 0 aliphatic carbocycles. The quantitative estimate of drug-likeness (QED) is 0.791. The maximum atomic E-state index is 14.3. The van der Waals surface area contributed by atoms with Crippen LogP contribution in [0.2, 0.25) is 0 Å². The molecule has 1 fully saturated rings. The summed E-state index contributed by atoms with van der Waals surface area (Å²) in [6.07, 6.45) is -0.508. The maximum absolute atomic E-state index is 14.3. The van der Waals surface area contributed by atoms with Crippen molar-refractivity contribution in [1.82, 2.24) is 0 Å². The number of hydrogen-bond donors (Lipinski definition) is 1. The Kier molecular flexibility index (Phi) is 4.90. The average Bonchev–Trinajstić information content (AvgIpc) is 2.55. The molecular weight excluding hydrogens is 373 g/mol. The van der Waals surface area contributed by atoms with Crippen molar-refractivity contribution in [2.45, 2.75) is 51.1 Å². The van der Waals surface area contributed by atoms with E-state index in [4.69, 9.17) is 14.4 Å². The first kappa shape index (κ1) is 18.4. The second-order valence-electron chi connectivity index (χ2n) is 6.61. The van der Waals surface area contributed by atoms with Gasteiger partial charge in [0.05, 0.1) is 17.6 Å². The molecule has 0 bridgehead atoms. The van der Waals surface area contributed by atoms with Gasteiger partial charge in [-0.25, -0.2) is 8.78 Å². The SMILES string of the molecule is CC1(C)OB(C(CC(=O)O)c2c(F)cc(Br)cc2F)OC1(C)C. The Bertz CT molecular complexity index is 597. The van der Waals surface area contributed by atoms with Crippen LogP contribution in [-0.2, 0) is 14.1 Å². The Morgan fingerprint density at radius 1 is 1.22 bits per heavy atom. The van der Waals surface area contributed by atoms with Gasteiger partial charge >= 0.3 is 13.1 Å². The molecule has 0 amide bonds. The summed E-state index contributed by atoms with van der Waals surface area (Å²) in [5.41, 5.74) is -1.79. The number of carboxylic acids is 1. The van der Waals surface area contributed by atoms with Gasteiger partial charge in [0, 0.05) is 15.9 Å². The molecule has 8 heteroatoms. The Hall–Kier alpha value is -0.985. The highest BCUT2D eigenvalue weighted by Crippen LogP contribution is 2.42. The minimum atomic E-state index is -1.19. The van der Waals surface area contributed by atoms with Gasteiger partial charge in [0.15, 0.2) is 0 Å². The van der Waals surface area contributed by atoms with Gasteiger partial charge in [-0.2, -0.15) is 0 Å². The van der Waals surface area contributed by atoms with Crippen molar-refractivity contribution < 1.29 is 28.0 Å². The van der Waals surface area contributed by atoms with E-state index >= 15 is 0 Å². The van der Waals surface area contributed by atoms with Gasteiger partial charge in [0.1, 0.15) is 11.6 Å². The molecule has 1 aliphatic heterocycles. The summed E-state index contributed by atoms with van der Waals surface area (Å²) in [5.74, 6) is -3.95. The third-order valence-electron chi connectivity index (χ3n) is 4.41. The Morgan fingerprint density at radius 2 is 1.65 bits per heavy atom. The highest BCUT2D eigenvalue weighted by atomic mass is 79.9. The van der Waals surface area contributed by atoms with E-state index in [1.807, 2.05) is 0 Å². The molecule has 1 atom stereocenters. The predicted octanol–water partition coefficient (Wildman–Crippen LogP) is 3.92. The normalized spacial score (nSPS) is 20.6. The van der Waals surface area contributed by atoms with E-state index in [0.717, 1.165) is 12.1 Å². The molecule has 23 heavy (non-hydrogen) atoms. The lowest BCUT2D eigenvalue weighted by molar-refractivity contribution is -0.137. The van der Waals surface area contributed by atoms with E-state index in [1.165, 1.54) is 0 Å². The van der Waals surface area contributed by atoms with Crippen LogP contribution in [-0.4, -0.2) is 29.4 Å². The molecule has 1 aromatic carbocycles. The van der Waals surface area contributed by atoms with E-state index in [2.05, 4.69) is 15.9 Å². The number of rotatable bonds is 4. The van der Waals surface area contributed by atoms with Crippen LogP contribution in [0.1, 0.15) is 45.5 Å². The number of halogens is 3. The average molecular weight is 391 g/mol. The van der Waals surface area contributed by atoms with Gasteiger partial charge in [0.2, 0.25) is 0 Å². The molecule has 1 unspecified atom stereocenters. The van der Waals surface area contributed by atoms with Crippen molar-refractivity contribution in [3.63, 3.8) is 0 Å². The Balaban J connectivity index is 2.46. The number of aliphatic carboxylic acids is 1. The summed E-state index contributed by atoms with van der Waals surface area (Å²) in [6.45, 7) is 7.16. The molecule has 0 aromatic heterocycles. The molecular formula is C15H18BBrF2O4. The molecule has 1 heterocycles. The Labute approximate surface area is 142 Å². The number of hydrogen-bond acceptors (Lipinski definition) is 3. The van der Waals surface area contributed by atoms with E-state index in [0.29, 0.717) is 0 Å². The molecule has 126 valence electrons. The maximum Gasteiger partial charge on any atom is 0.466 e. The monoisotopic (exact) mass is 390 g/mol. The van der Waals surface area contributed by atoms with Crippen LogP contribution in [0.25, 0.3) is 0 Å². The molecule has 1 aliphatic rings. The van der Waals surface area contributed by atoms with Crippen molar-refractivity contribution in [3.05, 3.63) is 33.8 Å². The summed E-state index contributed by atoms with van der Waals surface area (Å²) in [5, 5.41) is 9.14. The second-order valence-corrected chi connectivity index (χ2v) is 7.53. The zero-order valence-corrected chi connectivity index (χ0v) is 14.9. The third-order valence-corrected chi connectivity index (χ3v) is 4.87. The van der Waals surface area contributed by atoms with Crippen LogP contribution in [0.4, 0.5) is 8.78 Å². The zero-order valence-electron chi connectivity index (χ0n) is 13.3. The second kappa shape index (κ2) is 6.14. The van der Waals surface area contributed by atoms with Crippen molar-refractivity contribution in [2.24, 2.45) is 0 Å². The van der Waals surface area contributed by atoms with Gasteiger partial charge in [-0.05, 0) is 39.8 Å². The zero-order chi connectivity index (χ0) is 17.6. The van der Waals surface area contributed by atoms with Crippen LogP contribution in [0, 0.1) is 11.6 Å². The molecule has 1 aromatic rings. The summed E-state index contributed by atoms with van der Waals surface area (Å²) in [6, 6.07) is 2.19. The van der Waals surface area contributed by atoms with E-state index in [-0.39, 0.29) is 10.0 Å². The largest absolute Gasteiger partial charge is 0.481 e. The molecule has 0 spiro atoms. The number of carboxylic acid groups (broad SMARTS) is 1. The van der Waals surface area contributed by atoms with E-state index < -0.39 is 48.2 Å². The fourth-order valence-electron chi connectivity index (χ4n) is 2.48. The lowest BCUT2D eigenvalue weighted by Gasteiger charge is -2.32. The van der Waals surface area contributed by atoms with Crippen molar-refractivity contribution in [3.8, 4) is 0 Å². The first-order valence-corrected chi connectivity index (χ1v) is 7.96. The molecule has 1 N–H and O–H groups in total. The molecule has 0 saturated carbocycles. The topological polar surface area (TPSA) is 55.8 Å². The lowest BCUT2D eigenvalue weighted by atomic mass is 9.66. The van der Waals surface area contributed by atoms with Gasteiger partial charge in [-0.1, -0.05) is 15.9 Å². The fraction of sp³-hybridized carbons (Fsp3) is 0.533. The van der Waals surface area contributed by atoms with Gasteiger partial charge in [-0.15, -0.1) is 0 Å². The van der Waals surface area contributed by atoms with Crippen LogP contribution in [0.5, 0.6) is 0 Å².